The van der Waals surface area contributed by atoms with Gasteiger partial charge in [-0.05, 0) is 45.1 Å². The van der Waals surface area contributed by atoms with Gasteiger partial charge >= 0.3 is 0 Å². The molecule has 0 bridgehead atoms. The minimum absolute atomic E-state index is 0.595. The van der Waals surface area contributed by atoms with Crippen LogP contribution in [0, 0.1) is 11.8 Å². The molecule has 0 aromatic rings. The van der Waals surface area contributed by atoms with Gasteiger partial charge in [0, 0.05) is 0 Å². The fourth-order valence-electron chi connectivity index (χ4n) is 1.55. The number of methoxy groups -OCH3 is 1. The fourth-order valence-corrected chi connectivity index (χ4v) is 1.55. The standard InChI is InChI=1S/C15H26O/c1-7-8-12(2)11-14(4)13(3)9-10-15(5)16-6/h7-8,10-11,13-14H,9H2,1-6H3/b8-7-,12-11+,15-10-. The van der Waals surface area contributed by atoms with Crippen LogP contribution in [0.2, 0.25) is 0 Å². The second-order valence-electron chi connectivity index (χ2n) is 4.50. The summed E-state index contributed by atoms with van der Waals surface area (Å²) in [4.78, 5) is 0. The van der Waals surface area contributed by atoms with Gasteiger partial charge in [0.25, 0.3) is 0 Å². The Morgan fingerprint density at radius 1 is 1.25 bits per heavy atom. The van der Waals surface area contributed by atoms with E-state index >= 15 is 0 Å². The Morgan fingerprint density at radius 2 is 1.88 bits per heavy atom. The SMILES string of the molecule is C/C=C\C(C)=C\C(C)C(C)C/C=C(/C)OC. The van der Waals surface area contributed by atoms with Gasteiger partial charge in [-0.15, -0.1) is 0 Å². The van der Waals surface area contributed by atoms with E-state index in [1.165, 1.54) is 5.57 Å². The van der Waals surface area contributed by atoms with E-state index < -0.39 is 0 Å². The molecule has 16 heavy (non-hydrogen) atoms. The van der Waals surface area contributed by atoms with Gasteiger partial charge < -0.3 is 4.74 Å². The topological polar surface area (TPSA) is 9.23 Å². The lowest BCUT2D eigenvalue weighted by molar-refractivity contribution is 0.289. The van der Waals surface area contributed by atoms with Gasteiger partial charge in [0.2, 0.25) is 0 Å². The van der Waals surface area contributed by atoms with Gasteiger partial charge in [-0.2, -0.15) is 0 Å². The monoisotopic (exact) mass is 222 g/mol. The summed E-state index contributed by atoms with van der Waals surface area (Å²) in [6.07, 6.45) is 9.80. The molecular weight excluding hydrogens is 196 g/mol. The average Bonchev–Trinajstić information content (AvgIpc) is 2.25. The van der Waals surface area contributed by atoms with Crippen molar-refractivity contribution in [3.63, 3.8) is 0 Å². The zero-order valence-electron chi connectivity index (χ0n) is 11.6. The molecule has 0 aromatic carbocycles. The van der Waals surface area contributed by atoms with Crippen molar-refractivity contribution in [3.05, 3.63) is 35.6 Å². The molecule has 0 rings (SSSR count). The highest BCUT2D eigenvalue weighted by Gasteiger charge is 2.08. The smallest absolute Gasteiger partial charge is 0.0884 e. The maximum absolute atomic E-state index is 5.13. The first kappa shape index (κ1) is 15.0. The van der Waals surface area contributed by atoms with Crippen LogP contribution in [0.25, 0.3) is 0 Å². The number of hydrogen-bond donors (Lipinski definition) is 0. The molecule has 0 saturated carbocycles. The van der Waals surface area contributed by atoms with Crippen LogP contribution in [0.3, 0.4) is 0 Å². The van der Waals surface area contributed by atoms with E-state index in [4.69, 9.17) is 4.74 Å². The van der Waals surface area contributed by atoms with Crippen molar-refractivity contribution in [1.82, 2.24) is 0 Å². The largest absolute Gasteiger partial charge is 0.502 e. The van der Waals surface area contributed by atoms with Crippen LogP contribution in [0.4, 0.5) is 0 Å². The maximum atomic E-state index is 5.13. The predicted octanol–water partition coefficient (Wildman–Crippen LogP) is 4.72. The van der Waals surface area contributed by atoms with Crippen molar-refractivity contribution in [2.75, 3.05) is 7.11 Å². The molecule has 0 saturated heterocycles. The van der Waals surface area contributed by atoms with Crippen molar-refractivity contribution in [1.29, 1.82) is 0 Å². The molecule has 1 heteroatoms. The fraction of sp³-hybridized carbons (Fsp3) is 0.600. The van der Waals surface area contributed by atoms with Crippen molar-refractivity contribution in [2.24, 2.45) is 11.8 Å². The molecule has 92 valence electrons. The zero-order valence-corrected chi connectivity index (χ0v) is 11.6. The number of rotatable bonds is 6. The Balaban J connectivity index is 4.28. The molecule has 2 atom stereocenters. The van der Waals surface area contributed by atoms with Crippen molar-refractivity contribution in [2.45, 2.75) is 41.0 Å². The molecule has 2 unspecified atom stereocenters. The maximum Gasteiger partial charge on any atom is 0.0884 e. The van der Waals surface area contributed by atoms with E-state index in [1.54, 1.807) is 7.11 Å². The Kier molecular flexibility index (Phi) is 7.70. The number of ether oxygens (including phenoxy) is 1. The lowest BCUT2D eigenvalue weighted by Crippen LogP contribution is -2.05. The third kappa shape index (κ3) is 6.49. The van der Waals surface area contributed by atoms with Crippen molar-refractivity contribution < 1.29 is 4.74 Å². The lowest BCUT2D eigenvalue weighted by atomic mass is 9.91. The van der Waals surface area contributed by atoms with Gasteiger partial charge in [0.05, 0.1) is 12.9 Å². The second-order valence-corrected chi connectivity index (χ2v) is 4.50. The molecule has 0 amide bonds. The highest BCUT2D eigenvalue weighted by Crippen LogP contribution is 2.19. The van der Waals surface area contributed by atoms with E-state index in [-0.39, 0.29) is 0 Å². The number of allylic oxidation sites excluding steroid dienone is 6. The van der Waals surface area contributed by atoms with Gasteiger partial charge in [-0.1, -0.05) is 37.6 Å². The van der Waals surface area contributed by atoms with Gasteiger partial charge in [0.1, 0.15) is 0 Å². The Hall–Kier alpha value is -0.980. The molecule has 0 radical (unpaired) electrons. The summed E-state index contributed by atoms with van der Waals surface area (Å²) in [5, 5.41) is 0. The van der Waals surface area contributed by atoms with Crippen molar-refractivity contribution >= 4 is 0 Å². The van der Waals surface area contributed by atoms with Crippen LogP contribution >= 0.6 is 0 Å². The normalized spacial score (nSPS) is 17.6. The minimum Gasteiger partial charge on any atom is -0.502 e. The summed E-state index contributed by atoms with van der Waals surface area (Å²) < 4.78 is 5.13. The first-order valence-electron chi connectivity index (χ1n) is 6.03. The van der Waals surface area contributed by atoms with Gasteiger partial charge in [-0.25, -0.2) is 0 Å². The first-order valence-corrected chi connectivity index (χ1v) is 6.03. The summed E-state index contributed by atoms with van der Waals surface area (Å²) in [6, 6.07) is 0. The highest BCUT2D eigenvalue weighted by atomic mass is 16.5. The van der Waals surface area contributed by atoms with Crippen LogP contribution < -0.4 is 0 Å². The minimum atomic E-state index is 0.595. The quantitative estimate of drug-likeness (QED) is 0.466. The van der Waals surface area contributed by atoms with E-state index in [2.05, 4.69) is 52.0 Å². The summed E-state index contributed by atoms with van der Waals surface area (Å²) in [7, 11) is 1.72. The highest BCUT2D eigenvalue weighted by molar-refractivity contribution is 5.16. The molecule has 1 nitrogen and oxygen atoms in total. The molecule has 0 heterocycles. The van der Waals surface area contributed by atoms with Gasteiger partial charge in [0.15, 0.2) is 0 Å². The Morgan fingerprint density at radius 3 is 2.38 bits per heavy atom. The molecule has 0 aromatic heterocycles. The van der Waals surface area contributed by atoms with Gasteiger partial charge in [-0.3, -0.25) is 0 Å². The van der Waals surface area contributed by atoms with Crippen LogP contribution in [0.1, 0.15) is 41.0 Å². The van der Waals surface area contributed by atoms with Crippen molar-refractivity contribution in [3.8, 4) is 0 Å². The van der Waals surface area contributed by atoms with E-state index in [9.17, 15) is 0 Å². The van der Waals surface area contributed by atoms with Crippen LogP contribution in [0.5, 0.6) is 0 Å². The molecule has 0 spiro atoms. The summed E-state index contributed by atoms with van der Waals surface area (Å²) in [5.41, 5.74) is 1.34. The average molecular weight is 222 g/mol. The third-order valence-corrected chi connectivity index (χ3v) is 2.95. The molecule has 0 aliphatic rings. The molecule has 0 aliphatic carbocycles. The van der Waals surface area contributed by atoms with E-state index in [0.29, 0.717) is 11.8 Å². The summed E-state index contributed by atoms with van der Waals surface area (Å²) in [5.74, 6) is 2.25. The van der Waals surface area contributed by atoms with E-state index in [0.717, 1.165) is 12.2 Å². The number of hydrogen-bond acceptors (Lipinski definition) is 1. The van der Waals surface area contributed by atoms with Crippen LogP contribution in [-0.4, -0.2) is 7.11 Å². The lowest BCUT2D eigenvalue weighted by Gasteiger charge is -2.15. The predicted molar refractivity (Wildman–Crippen MR) is 72.3 cm³/mol. The van der Waals surface area contributed by atoms with E-state index in [1.807, 2.05) is 6.92 Å². The summed E-state index contributed by atoms with van der Waals surface area (Å²) >= 11 is 0. The van der Waals surface area contributed by atoms with Crippen LogP contribution in [0.15, 0.2) is 35.6 Å². The Bertz CT molecular complexity index is 271. The molecule has 0 fully saturated rings. The summed E-state index contributed by atoms with van der Waals surface area (Å²) in [6.45, 7) is 10.8. The second kappa shape index (κ2) is 8.20. The molecule has 0 aliphatic heterocycles. The zero-order chi connectivity index (χ0) is 12.6. The molecular formula is C15H26O. The van der Waals surface area contributed by atoms with Crippen LogP contribution in [-0.2, 0) is 4.74 Å². The molecule has 0 N–H and O–H groups in total. The third-order valence-electron chi connectivity index (χ3n) is 2.95. The Labute approximate surface area is 101 Å². The first-order chi connectivity index (χ1) is 7.51.